The number of fused-ring (bicyclic) bond motifs is 1. The fourth-order valence-electron chi connectivity index (χ4n) is 2.62. The molecular weight excluding hydrogens is 322 g/mol. The molecule has 1 atom stereocenters. The number of thiophene rings is 1. The number of rotatable bonds is 3. The standard InChI is InChI=1S/C15H16BrNOS/c1-18-14-6-5-10(16)9-13(14)17-12-3-2-4-15-11(12)7-8-19-15/h5-9,12,17H,2-4H2,1H3. The summed E-state index contributed by atoms with van der Waals surface area (Å²) in [6.45, 7) is 0. The molecular formula is C15H16BrNOS. The van der Waals surface area contributed by atoms with E-state index in [-0.39, 0.29) is 0 Å². The van der Waals surface area contributed by atoms with Gasteiger partial charge in [-0.3, -0.25) is 0 Å². The number of aryl methyl sites for hydroxylation is 1. The van der Waals surface area contributed by atoms with E-state index >= 15 is 0 Å². The Bertz CT molecular complexity index is 581. The highest BCUT2D eigenvalue weighted by Gasteiger charge is 2.21. The van der Waals surface area contributed by atoms with Gasteiger partial charge in [0.05, 0.1) is 18.8 Å². The van der Waals surface area contributed by atoms with Gasteiger partial charge in [-0.15, -0.1) is 11.3 Å². The predicted octanol–water partition coefficient (Wildman–Crippen LogP) is 5.01. The van der Waals surface area contributed by atoms with Crippen LogP contribution in [0.25, 0.3) is 0 Å². The molecule has 1 N–H and O–H groups in total. The first-order valence-corrected chi connectivity index (χ1v) is 8.11. The van der Waals surface area contributed by atoms with Gasteiger partial charge in [0.15, 0.2) is 0 Å². The van der Waals surface area contributed by atoms with Crippen LogP contribution < -0.4 is 10.1 Å². The Labute approximate surface area is 125 Å². The second-order valence-corrected chi connectivity index (χ2v) is 6.65. The predicted molar refractivity (Wildman–Crippen MR) is 84.3 cm³/mol. The number of hydrogen-bond acceptors (Lipinski definition) is 3. The molecule has 0 radical (unpaired) electrons. The summed E-state index contributed by atoms with van der Waals surface area (Å²) in [5, 5.41) is 5.83. The van der Waals surface area contributed by atoms with E-state index in [1.807, 2.05) is 23.5 Å². The molecule has 0 saturated carbocycles. The van der Waals surface area contributed by atoms with Gasteiger partial charge in [0.1, 0.15) is 5.75 Å². The quantitative estimate of drug-likeness (QED) is 0.849. The van der Waals surface area contributed by atoms with Gasteiger partial charge in [0.25, 0.3) is 0 Å². The lowest BCUT2D eigenvalue weighted by molar-refractivity contribution is 0.415. The fourth-order valence-corrected chi connectivity index (χ4v) is 3.97. The van der Waals surface area contributed by atoms with Crippen molar-refractivity contribution in [2.24, 2.45) is 0 Å². The van der Waals surface area contributed by atoms with E-state index in [0.29, 0.717) is 6.04 Å². The van der Waals surface area contributed by atoms with E-state index in [9.17, 15) is 0 Å². The smallest absolute Gasteiger partial charge is 0.142 e. The minimum Gasteiger partial charge on any atom is -0.495 e. The van der Waals surface area contributed by atoms with Gasteiger partial charge < -0.3 is 10.1 Å². The first-order chi connectivity index (χ1) is 9.28. The molecule has 2 aromatic rings. The molecule has 0 bridgehead atoms. The number of nitrogens with one attached hydrogen (secondary N) is 1. The van der Waals surface area contributed by atoms with Crippen LogP contribution >= 0.6 is 27.3 Å². The van der Waals surface area contributed by atoms with Gasteiger partial charge in [-0.05, 0) is 54.5 Å². The number of halogens is 1. The van der Waals surface area contributed by atoms with Crippen LogP contribution in [0.2, 0.25) is 0 Å². The van der Waals surface area contributed by atoms with Crippen molar-refractivity contribution in [3.8, 4) is 5.75 Å². The zero-order chi connectivity index (χ0) is 13.2. The third-order valence-corrected chi connectivity index (χ3v) is 5.03. The Morgan fingerprint density at radius 1 is 1.37 bits per heavy atom. The van der Waals surface area contributed by atoms with Crippen molar-refractivity contribution >= 4 is 33.0 Å². The number of anilines is 1. The van der Waals surface area contributed by atoms with E-state index in [1.165, 1.54) is 29.7 Å². The molecule has 1 aromatic carbocycles. The molecule has 100 valence electrons. The highest BCUT2D eigenvalue weighted by atomic mass is 79.9. The lowest BCUT2D eigenvalue weighted by atomic mass is 9.94. The molecule has 1 aromatic heterocycles. The lowest BCUT2D eigenvalue weighted by Crippen LogP contribution is -2.16. The monoisotopic (exact) mass is 337 g/mol. The van der Waals surface area contributed by atoms with Gasteiger partial charge >= 0.3 is 0 Å². The molecule has 4 heteroatoms. The van der Waals surface area contributed by atoms with E-state index in [1.54, 1.807) is 7.11 Å². The summed E-state index contributed by atoms with van der Waals surface area (Å²) in [6.07, 6.45) is 3.65. The van der Waals surface area contributed by atoms with Gasteiger partial charge in [-0.1, -0.05) is 15.9 Å². The Morgan fingerprint density at radius 3 is 3.11 bits per heavy atom. The third-order valence-electron chi connectivity index (χ3n) is 3.54. The summed E-state index contributed by atoms with van der Waals surface area (Å²) in [5.41, 5.74) is 2.51. The van der Waals surface area contributed by atoms with Gasteiger partial charge in [-0.25, -0.2) is 0 Å². The highest BCUT2D eigenvalue weighted by molar-refractivity contribution is 9.10. The molecule has 1 aliphatic rings. The first kappa shape index (κ1) is 13.0. The second-order valence-electron chi connectivity index (χ2n) is 4.73. The van der Waals surface area contributed by atoms with Crippen molar-refractivity contribution in [2.75, 3.05) is 12.4 Å². The minimum absolute atomic E-state index is 0.401. The van der Waals surface area contributed by atoms with Gasteiger partial charge in [0.2, 0.25) is 0 Å². The third kappa shape index (κ3) is 2.65. The lowest BCUT2D eigenvalue weighted by Gasteiger charge is -2.25. The number of methoxy groups -OCH3 is 1. The van der Waals surface area contributed by atoms with Crippen molar-refractivity contribution < 1.29 is 4.74 Å². The zero-order valence-corrected chi connectivity index (χ0v) is 13.2. The van der Waals surface area contributed by atoms with Crippen molar-refractivity contribution in [2.45, 2.75) is 25.3 Å². The zero-order valence-electron chi connectivity index (χ0n) is 10.8. The van der Waals surface area contributed by atoms with Crippen LogP contribution in [-0.2, 0) is 6.42 Å². The van der Waals surface area contributed by atoms with Crippen molar-refractivity contribution in [3.05, 3.63) is 44.6 Å². The van der Waals surface area contributed by atoms with E-state index in [0.717, 1.165) is 15.9 Å². The molecule has 1 heterocycles. The normalized spacial score (nSPS) is 17.9. The Kier molecular flexibility index (Phi) is 3.80. The molecule has 3 rings (SSSR count). The Hall–Kier alpha value is -1.00. The van der Waals surface area contributed by atoms with E-state index in [4.69, 9.17) is 4.74 Å². The fraction of sp³-hybridized carbons (Fsp3) is 0.333. The summed E-state index contributed by atoms with van der Waals surface area (Å²) in [5.74, 6) is 0.894. The van der Waals surface area contributed by atoms with Crippen LogP contribution in [0.15, 0.2) is 34.1 Å². The molecule has 0 saturated heterocycles. The maximum atomic E-state index is 5.43. The van der Waals surface area contributed by atoms with Gasteiger partial charge in [-0.2, -0.15) is 0 Å². The molecule has 0 spiro atoms. The average molecular weight is 338 g/mol. The van der Waals surface area contributed by atoms with Crippen LogP contribution in [0.5, 0.6) is 5.75 Å². The number of ether oxygens (including phenoxy) is 1. The molecule has 0 amide bonds. The molecule has 2 nitrogen and oxygen atoms in total. The Morgan fingerprint density at radius 2 is 2.26 bits per heavy atom. The summed E-state index contributed by atoms with van der Waals surface area (Å²) in [7, 11) is 1.71. The first-order valence-electron chi connectivity index (χ1n) is 6.44. The van der Waals surface area contributed by atoms with Crippen LogP contribution in [0.3, 0.4) is 0 Å². The van der Waals surface area contributed by atoms with Crippen molar-refractivity contribution in [1.82, 2.24) is 0 Å². The van der Waals surface area contributed by atoms with Gasteiger partial charge in [0, 0.05) is 9.35 Å². The van der Waals surface area contributed by atoms with Crippen LogP contribution in [-0.4, -0.2) is 7.11 Å². The second kappa shape index (κ2) is 5.55. The van der Waals surface area contributed by atoms with Crippen LogP contribution in [0, 0.1) is 0 Å². The Balaban J connectivity index is 1.89. The van der Waals surface area contributed by atoms with Crippen LogP contribution in [0.1, 0.15) is 29.3 Å². The largest absolute Gasteiger partial charge is 0.495 e. The summed E-state index contributed by atoms with van der Waals surface area (Å²) in [6, 6.07) is 8.73. The molecule has 0 aliphatic heterocycles. The molecule has 0 fully saturated rings. The summed E-state index contributed by atoms with van der Waals surface area (Å²) >= 11 is 5.39. The minimum atomic E-state index is 0.401. The van der Waals surface area contributed by atoms with Crippen LogP contribution in [0.4, 0.5) is 5.69 Å². The van der Waals surface area contributed by atoms with E-state index < -0.39 is 0 Å². The highest BCUT2D eigenvalue weighted by Crippen LogP contribution is 2.38. The SMILES string of the molecule is COc1ccc(Br)cc1NC1CCCc2sccc21. The van der Waals surface area contributed by atoms with E-state index in [2.05, 4.69) is 38.8 Å². The molecule has 1 unspecified atom stereocenters. The maximum Gasteiger partial charge on any atom is 0.142 e. The molecule has 1 aliphatic carbocycles. The number of hydrogen-bond donors (Lipinski definition) is 1. The summed E-state index contributed by atoms with van der Waals surface area (Å²) in [4.78, 5) is 1.53. The van der Waals surface area contributed by atoms with Crippen molar-refractivity contribution in [1.29, 1.82) is 0 Å². The maximum absolute atomic E-state index is 5.43. The molecule has 19 heavy (non-hydrogen) atoms. The topological polar surface area (TPSA) is 21.3 Å². The van der Waals surface area contributed by atoms with Crippen molar-refractivity contribution in [3.63, 3.8) is 0 Å². The number of benzene rings is 1. The average Bonchev–Trinajstić information content (AvgIpc) is 2.88. The summed E-state index contributed by atoms with van der Waals surface area (Å²) < 4.78 is 6.50.